The van der Waals surface area contributed by atoms with Crippen LogP contribution in [0.15, 0.2) is 0 Å². The van der Waals surface area contributed by atoms with Gasteiger partial charge in [0.1, 0.15) is 0 Å². The van der Waals surface area contributed by atoms with Gasteiger partial charge in [-0.1, -0.05) is 27.7 Å². The maximum Gasteiger partial charge on any atom is -0.0420 e. The highest BCUT2D eigenvalue weighted by molar-refractivity contribution is 4.56. The summed E-state index contributed by atoms with van der Waals surface area (Å²) in [6.07, 6.45) is 0. The topological polar surface area (TPSA) is 0 Å². The Bertz CT molecular complexity index is 21.0. The predicted molar refractivity (Wildman–Crippen MR) is 29.4 cm³/mol. The van der Waals surface area contributed by atoms with Crippen molar-refractivity contribution in [3.63, 3.8) is 0 Å². The molecule has 0 aliphatic rings. The average Bonchev–Trinajstić information content (AvgIpc) is 1.36. The third-order valence-corrected chi connectivity index (χ3v) is 1.14. The van der Waals surface area contributed by atoms with Crippen molar-refractivity contribution in [1.29, 1.82) is 0 Å². The second kappa shape index (κ2) is 2.22. The molecule has 0 amide bonds. The fraction of sp³-hybridized carbons (Fsp3) is 0.833. The Morgan fingerprint density at radius 2 is 1.33 bits per heavy atom. The van der Waals surface area contributed by atoms with Crippen molar-refractivity contribution in [2.24, 2.45) is 11.8 Å². The zero-order chi connectivity index (χ0) is 5.15. The van der Waals surface area contributed by atoms with E-state index in [1.165, 1.54) is 0 Å². The van der Waals surface area contributed by atoms with Crippen LogP contribution in [-0.2, 0) is 0 Å². The van der Waals surface area contributed by atoms with E-state index in [0.29, 0.717) is 5.92 Å². The highest BCUT2D eigenvalue weighted by Crippen LogP contribution is 2.05. The van der Waals surface area contributed by atoms with E-state index in [2.05, 4.69) is 27.7 Å². The Kier molecular flexibility index (Phi) is 2.22. The van der Waals surface area contributed by atoms with Gasteiger partial charge in [-0.05, 0) is 11.8 Å². The predicted octanol–water partition coefficient (Wildman–Crippen LogP) is 2.11. The Balaban J connectivity index is 2.99. The van der Waals surface area contributed by atoms with Crippen LogP contribution in [0.2, 0.25) is 0 Å². The van der Waals surface area contributed by atoms with Gasteiger partial charge < -0.3 is 0 Å². The molecule has 0 saturated carbocycles. The van der Waals surface area contributed by atoms with E-state index in [1.807, 2.05) is 0 Å². The third-order valence-electron chi connectivity index (χ3n) is 1.14. The van der Waals surface area contributed by atoms with Crippen LogP contribution in [0, 0.1) is 18.8 Å². The molecule has 0 aliphatic carbocycles. The molecule has 0 nitrogen and oxygen atoms in total. The first-order valence-corrected chi connectivity index (χ1v) is 2.47. The van der Waals surface area contributed by atoms with E-state index in [0.717, 1.165) is 5.92 Å². The maximum absolute atomic E-state index is 3.84. The van der Waals surface area contributed by atoms with Crippen LogP contribution in [0.5, 0.6) is 0 Å². The van der Waals surface area contributed by atoms with Gasteiger partial charge >= 0.3 is 0 Å². The van der Waals surface area contributed by atoms with Gasteiger partial charge in [0.25, 0.3) is 0 Å². The normalized spacial score (nSPS) is 11.0. The Morgan fingerprint density at radius 1 is 1.17 bits per heavy atom. The third kappa shape index (κ3) is 2.25. The standard InChI is InChI=1S/C6H13/c1-5(2)6(3)4/h5-6H,1H2,2-4H3. The van der Waals surface area contributed by atoms with Crippen LogP contribution < -0.4 is 0 Å². The molecular weight excluding hydrogens is 72.1 g/mol. The molecule has 0 aliphatic heterocycles. The smallest absolute Gasteiger partial charge is 0.0420 e. The summed E-state index contributed by atoms with van der Waals surface area (Å²) in [4.78, 5) is 0. The van der Waals surface area contributed by atoms with E-state index in [9.17, 15) is 0 Å². The molecule has 37 valence electrons. The molecule has 6 heavy (non-hydrogen) atoms. The molecular formula is C6H13. The van der Waals surface area contributed by atoms with Crippen LogP contribution in [-0.4, -0.2) is 0 Å². The van der Waals surface area contributed by atoms with E-state index in [-0.39, 0.29) is 0 Å². The van der Waals surface area contributed by atoms with Crippen LogP contribution >= 0.6 is 0 Å². The second-order valence-electron chi connectivity index (χ2n) is 2.22. The van der Waals surface area contributed by atoms with Crippen molar-refractivity contribution >= 4 is 0 Å². The molecule has 0 rings (SSSR count). The van der Waals surface area contributed by atoms with Crippen molar-refractivity contribution in [2.45, 2.75) is 20.8 Å². The molecule has 0 fully saturated rings. The molecule has 0 heterocycles. The van der Waals surface area contributed by atoms with E-state index < -0.39 is 0 Å². The lowest BCUT2D eigenvalue weighted by molar-refractivity contribution is 0.501. The van der Waals surface area contributed by atoms with Crippen LogP contribution in [0.3, 0.4) is 0 Å². The first kappa shape index (κ1) is 6.00. The van der Waals surface area contributed by atoms with E-state index in [1.54, 1.807) is 0 Å². The molecule has 0 heteroatoms. The molecule has 0 aromatic carbocycles. The highest BCUT2D eigenvalue weighted by atomic mass is 14.0. The van der Waals surface area contributed by atoms with Gasteiger partial charge in [0, 0.05) is 0 Å². The van der Waals surface area contributed by atoms with Gasteiger partial charge in [-0.2, -0.15) is 0 Å². The molecule has 0 aromatic heterocycles. The molecule has 0 N–H and O–H groups in total. The molecule has 0 bridgehead atoms. The molecule has 0 aromatic rings. The molecule has 1 unspecified atom stereocenters. The lowest BCUT2D eigenvalue weighted by Crippen LogP contribution is -1.96. The monoisotopic (exact) mass is 85.1 g/mol. The van der Waals surface area contributed by atoms with Crippen LogP contribution in [0.4, 0.5) is 0 Å². The first-order chi connectivity index (χ1) is 2.64. The Morgan fingerprint density at radius 3 is 1.33 bits per heavy atom. The zero-order valence-electron chi connectivity index (χ0n) is 4.86. The molecule has 0 spiro atoms. The number of hydrogen-bond acceptors (Lipinski definition) is 0. The maximum atomic E-state index is 3.84. The summed E-state index contributed by atoms with van der Waals surface area (Å²) in [5.41, 5.74) is 0. The summed E-state index contributed by atoms with van der Waals surface area (Å²) in [6.45, 7) is 10.3. The van der Waals surface area contributed by atoms with E-state index in [4.69, 9.17) is 0 Å². The van der Waals surface area contributed by atoms with Gasteiger partial charge in [0.05, 0.1) is 0 Å². The molecule has 1 radical (unpaired) electrons. The summed E-state index contributed by atoms with van der Waals surface area (Å²) in [7, 11) is 0. The Hall–Kier alpha value is 0. The van der Waals surface area contributed by atoms with Gasteiger partial charge in [-0.25, -0.2) is 0 Å². The van der Waals surface area contributed by atoms with Crippen LogP contribution in [0.25, 0.3) is 0 Å². The van der Waals surface area contributed by atoms with Gasteiger partial charge in [-0.15, -0.1) is 0 Å². The molecule has 0 saturated heterocycles. The van der Waals surface area contributed by atoms with Crippen molar-refractivity contribution in [3.8, 4) is 0 Å². The second-order valence-corrected chi connectivity index (χ2v) is 2.22. The number of hydrogen-bond donors (Lipinski definition) is 0. The lowest BCUT2D eigenvalue weighted by atomic mass is 10.0. The summed E-state index contributed by atoms with van der Waals surface area (Å²) in [6, 6.07) is 0. The van der Waals surface area contributed by atoms with Crippen molar-refractivity contribution in [1.82, 2.24) is 0 Å². The highest BCUT2D eigenvalue weighted by Gasteiger charge is 1.95. The fourth-order valence-electron chi connectivity index (χ4n) is 0. The summed E-state index contributed by atoms with van der Waals surface area (Å²) < 4.78 is 0. The van der Waals surface area contributed by atoms with E-state index >= 15 is 0 Å². The minimum absolute atomic E-state index is 0.602. The fourth-order valence-corrected chi connectivity index (χ4v) is 0. The SMILES string of the molecule is [CH2]C(C)C(C)C. The van der Waals surface area contributed by atoms with Crippen molar-refractivity contribution in [2.75, 3.05) is 0 Å². The van der Waals surface area contributed by atoms with Gasteiger partial charge in [-0.3, -0.25) is 0 Å². The average molecular weight is 85.2 g/mol. The first-order valence-electron chi connectivity index (χ1n) is 2.47. The summed E-state index contributed by atoms with van der Waals surface area (Å²) in [5, 5.41) is 0. The quantitative estimate of drug-likeness (QED) is 0.457. The van der Waals surface area contributed by atoms with Crippen molar-refractivity contribution < 1.29 is 0 Å². The van der Waals surface area contributed by atoms with Crippen molar-refractivity contribution in [3.05, 3.63) is 6.92 Å². The minimum Gasteiger partial charge on any atom is -0.0625 e. The minimum atomic E-state index is 0.602. The summed E-state index contributed by atoms with van der Waals surface area (Å²) >= 11 is 0. The van der Waals surface area contributed by atoms with Crippen LogP contribution in [0.1, 0.15) is 20.8 Å². The largest absolute Gasteiger partial charge is 0.0625 e. The van der Waals surface area contributed by atoms with Gasteiger partial charge in [0.2, 0.25) is 0 Å². The molecule has 1 atom stereocenters. The zero-order valence-corrected chi connectivity index (χ0v) is 4.86. The Labute approximate surface area is 40.6 Å². The number of rotatable bonds is 1. The lowest BCUT2D eigenvalue weighted by Gasteiger charge is -2.05. The summed E-state index contributed by atoms with van der Waals surface area (Å²) in [5.74, 6) is 1.34. The van der Waals surface area contributed by atoms with Gasteiger partial charge in [0.15, 0.2) is 0 Å².